The number of carbonyl (C=O) groups is 3. The first-order valence-corrected chi connectivity index (χ1v) is 11.3. The van der Waals surface area contributed by atoms with E-state index in [2.05, 4.69) is 10.4 Å². The first-order chi connectivity index (χ1) is 17.0. The second-order valence-corrected chi connectivity index (χ2v) is 7.89. The van der Waals surface area contributed by atoms with Crippen LogP contribution in [0, 0.1) is 0 Å². The lowest BCUT2D eigenvalue weighted by Crippen LogP contribution is -3.00. The average molecular weight is 604 g/mol. The van der Waals surface area contributed by atoms with Gasteiger partial charge >= 0.3 is 12.1 Å². The first kappa shape index (κ1) is 28.7. The molecule has 0 unspecified atom stereocenters. The largest absolute Gasteiger partial charge is 1.00 e. The van der Waals surface area contributed by atoms with Crippen molar-refractivity contribution in [3.8, 4) is 0 Å². The minimum atomic E-state index is -0.850. The van der Waals surface area contributed by atoms with Gasteiger partial charge in [0, 0.05) is 12.5 Å². The molecule has 9 nitrogen and oxygen atoms in total. The van der Waals surface area contributed by atoms with Gasteiger partial charge in [-0.1, -0.05) is 65.3 Å². The van der Waals surface area contributed by atoms with Crippen LogP contribution in [0.3, 0.4) is 0 Å². The predicted octanol–water partition coefficient (Wildman–Crippen LogP) is -0.319. The van der Waals surface area contributed by atoms with E-state index < -0.39 is 24.0 Å². The normalized spacial score (nSPS) is 11.0. The number of unbranched alkanes of at least 4 members (excludes halogenated alkanes) is 1. The molecule has 36 heavy (non-hydrogen) atoms. The van der Waals surface area contributed by atoms with Crippen molar-refractivity contribution < 1.29 is 52.5 Å². The third-order valence-corrected chi connectivity index (χ3v) is 5.20. The molecule has 0 saturated carbocycles. The highest BCUT2D eigenvalue weighted by molar-refractivity contribution is 5.92. The summed E-state index contributed by atoms with van der Waals surface area (Å²) in [6.07, 6.45) is 4.08. The van der Waals surface area contributed by atoms with Crippen LogP contribution >= 0.6 is 0 Å². The van der Waals surface area contributed by atoms with Gasteiger partial charge in [-0.05, 0) is 29.1 Å². The summed E-state index contributed by atoms with van der Waals surface area (Å²) in [7, 11) is 0. The maximum atomic E-state index is 12.7. The van der Waals surface area contributed by atoms with Gasteiger partial charge in [-0.3, -0.25) is 4.79 Å². The Labute approximate surface area is 227 Å². The van der Waals surface area contributed by atoms with E-state index in [9.17, 15) is 14.4 Å². The van der Waals surface area contributed by atoms with Gasteiger partial charge in [0.1, 0.15) is 25.5 Å². The quantitative estimate of drug-likeness (QED) is 0.127. The molecule has 3 rings (SSSR count). The van der Waals surface area contributed by atoms with Crippen molar-refractivity contribution >= 4 is 18.0 Å². The van der Waals surface area contributed by atoms with E-state index in [0.717, 1.165) is 11.1 Å². The molecule has 0 aliphatic carbocycles. The number of hydrogen-bond donors (Lipinski definition) is 2. The number of nitrogens with two attached hydrogens (primary N) is 1. The lowest BCUT2D eigenvalue weighted by atomic mass is 10.1. The number of esters is 1. The zero-order valence-electron chi connectivity index (χ0n) is 19.7. The molecular weight excluding hydrogens is 575 g/mol. The zero-order chi connectivity index (χ0) is 24.9. The molecule has 2 aromatic carbocycles. The molecule has 1 atom stereocenters. The van der Waals surface area contributed by atoms with Crippen LogP contribution in [-0.2, 0) is 34.0 Å². The topological polar surface area (TPSA) is 124 Å². The summed E-state index contributed by atoms with van der Waals surface area (Å²) in [5.41, 5.74) is 7.26. The lowest BCUT2D eigenvalue weighted by Gasteiger charge is -2.17. The van der Waals surface area contributed by atoms with Crippen molar-refractivity contribution in [1.29, 1.82) is 0 Å². The molecule has 0 bridgehead atoms. The lowest BCUT2D eigenvalue weighted by molar-refractivity contribution is -0.754. The van der Waals surface area contributed by atoms with Gasteiger partial charge in [0.15, 0.2) is 12.7 Å². The van der Waals surface area contributed by atoms with Crippen LogP contribution in [-0.4, -0.2) is 29.1 Å². The third kappa shape index (κ3) is 9.98. The third-order valence-electron chi connectivity index (χ3n) is 5.20. The molecule has 3 aromatic rings. The summed E-state index contributed by atoms with van der Waals surface area (Å²) in [6.45, 7) is 0.786. The number of rotatable bonds is 12. The fraction of sp³-hybridized carbons (Fsp3) is 0.269. The molecule has 2 amide bonds. The molecule has 0 aliphatic rings. The molecule has 0 aliphatic heterocycles. The van der Waals surface area contributed by atoms with Crippen molar-refractivity contribution in [2.45, 2.75) is 45.1 Å². The van der Waals surface area contributed by atoms with Crippen molar-refractivity contribution in [3.05, 3.63) is 95.8 Å². The highest BCUT2D eigenvalue weighted by Gasteiger charge is 2.23. The average Bonchev–Trinajstić information content (AvgIpc) is 2.89. The Morgan fingerprint density at radius 2 is 1.50 bits per heavy atom. The minimum Gasteiger partial charge on any atom is -1.00 e. The summed E-state index contributed by atoms with van der Waals surface area (Å²) in [5.74, 6) is -1.06. The Balaban J connectivity index is 0.00000456. The summed E-state index contributed by atoms with van der Waals surface area (Å²) in [6, 6.07) is 19.4. The van der Waals surface area contributed by atoms with Gasteiger partial charge < -0.3 is 44.5 Å². The fourth-order valence-corrected chi connectivity index (χ4v) is 3.27. The van der Waals surface area contributed by atoms with E-state index in [-0.39, 0.29) is 37.2 Å². The van der Waals surface area contributed by atoms with Crippen molar-refractivity contribution in [2.75, 3.05) is 0 Å². The molecule has 3 N–H and O–H groups in total. The molecular formula is C26H29IN4O5. The predicted molar refractivity (Wildman–Crippen MR) is 127 cm³/mol. The number of amides is 2. The number of benzene rings is 2. The van der Waals surface area contributed by atoms with Crippen LogP contribution in [0.25, 0.3) is 0 Å². The van der Waals surface area contributed by atoms with E-state index in [4.69, 9.17) is 15.2 Å². The van der Waals surface area contributed by atoms with Gasteiger partial charge in [-0.25, -0.2) is 9.59 Å². The van der Waals surface area contributed by atoms with E-state index in [1.165, 1.54) is 6.20 Å². The standard InChI is InChI=1S/C26H28N4O5.HI/c27-24(31)22-14-16-30(28-17-22)15-8-7-13-23(25(32)34-18-20-9-3-1-4-10-20)29-26(33)35-19-21-11-5-2-6-12-21;/h1-6,9-12,14,16-17,23H,7-8,13,15,18-19H2,(H2-,27,29,31,33);1H/t23-;/m0./s1. The second-order valence-electron chi connectivity index (χ2n) is 7.89. The molecule has 0 fully saturated rings. The van der Waals surface area contributed by atoms with Crippen molar-refractivity contribution in [2.24, 2.45) is 5.73 Å². The van der Waals surface area contributed by atoms with Gasteiger partial charge in [-0.15, -0.1) is 0 Å². The Bertz CT molecular complexity index is 1100. The van der Waals surface area contributed by atoms with E-state index in [1.54, 1.807) is 16.9 Å². The van der Waals surface area contributed by atoms with Gasteiger partial charge in [-0.2, -0.15) is 0 Å². The molecule has 0 spiro atoms. The van der Waals surface area contributed by atoms with Gasteiger partial charge in [0.2, 0.25) is 0 Å². The number of carbonyl (C=O) groups excluding carboxylic acids is 3. The number of aryl methyl sites for hydroxylation is 1. The SMILES string of the molecule is NC(=O)c1cc[n+](CCCC[C@H](NC(=O)OCc2ccccc2)C(=O)OCc2ccccc2)nc1.[I-]. The number of aromatic nitrogens is 2. The Morgan fingerprint density at radius 3 is 2.06 bits per heavy atom. The van der Waals surface area contributed by atoms with Crippen molar-refractivity contribution in [1.82, 2.24) is 10.4 Å². The summed E-state index contributed by atoms with van der Waals surface area (Å²) in [5, 5.41) is 6.78. The number of nitrogens with zero attached hydrogens (tertiary/aromatic N) is 2. The zero-order valence-corrected chi connectivity index (χ0v) is 21.9. The van der Waals surface area contributed by atoms with Crippen LogP contribution in [0.15, 0.2) is 79.1 Å². The number of halogens is 1. The Morgan fingerprint density at radius 1 is 0.889 bits per heavy atom. The van der Waals surface area contributed by atoms with E-state index in [1.807, 2.05) is 60.7 Å². The number of nitrogens with one attached hydrogen (secondary N) is 1. The number of primary amides is 1. The van der Waals surface area contributed by atoms with E-state index in [0.29, 0.717) is 31.4 Å². The summed E-state index contributed by atoms with van der Waals surface area (Å²) >= 11 is 0. The monoisotopic (exact) mass is 604 g/mol. The first-order valence-electron chi connectivity index (χ1n) is 11.3. The number of alkyl carbamates (subject to hydrolysis) is 1. The Kier molecular flexibility index (Phi) is 12.3. The van der Waals surface area contributed by atoms with Gasteiger partial charge in [0.05, 0.1) is 5.56 Å². The number of hydrogen-bond acceptors (Lipinski definition) is 6. The molecule has 1 heterocycles. The smallest absolute Gasteiger partial charge is 0.408 e. The highest BCUT2D eigenvalue weighted by Crippen LogP contribution is 2.08. The molecule has 190 valence electrons. The molecule has 10 heteroatoms. The van der Waals surface area contributed by atoms with Crippen LogP contribution in [0.5, 0.6) is 0 Å². The van der Waals surface area contributed by atoms with Crippen LogP contribution in [0.2, 0.25) is 0 Å². The van der Waals surface area contributed by atoms with Gasteiger partial charge in [0.25, 0.3) is 5.91 Å². The van der Waals surface area contributed by atoms with Crippen LogP contribution in [0.4, 0.5) is 4.79 Å². The minimum absolute atomic E-state index is 0. The Hall–Kier alpha value is -3.54. The summed E-state index contributed by atoms with van der Waals surface area (Å²) in [4.78, 5) is 36.2. The second kappa shape index (κ2) is 15.5. The molecule has 0 radical (unpaired) electrons. The maximum absolute atomic E-state index is 12.7. The van der Waals surface area contributed by atoms with Crippen LogP contribution < -0.4 is 39.7 Å². The highest BCUT2D eigenvalue weighted by atomic mass is 127. The fourth-order valence-electron chi connectivity index (χ4n) is 3.27. The van der Waals surface area contributed by atoms with Crippen molar-refractivity contribution in [3.63, 3.8) is 0 Å². The van der Waals surface area contributed by atoms with E-state index >= 15 is 0 Å². The maximum Gasteiger partial charge on any atom is 0.408 e. The number of ether oxygens (including phenoxy) is 2. The van der Waals surface area contributed by atoms with Crippen LogP contribution in [0.1, 0.15) is 40.7 Å². The summed E-state index contributed by atoms with van der Waals surface area (Å²) < 4.78 is 12.4. The molecule has 0 saturated heterocycles. The molecule has 1 aromatic heterocycles.